The number of primary amides is 1. The van der Waals surface area contributed by atoms with Gasteiger partial charge in [-0.2, -0.15) is 0 Å². The minimum absolute atomic E-state index is 0.101. The first-order valence-electron chi connectivity index (χ1n) is 10.8. The summed E-state index contributed by atoms with van der Waals surface area (Å²) in [5, 5.41) is 0. The molecule has 180 valence electrons. The number of amides is 2. The molecule has 0 aliphatic heterocycles. The average molecular weight is 458 g/mol. The first-order valence-corrected chi connectivity index (χ1v) is 10.8. The van der Waals surface area contributed by atoms with E-state index in [-0.39, 0.29) is 13.0 Å². The van der Waals surface area contributed by atoms with Crippen molar-refractivity contribution >= 4 is 12.0 Å². The first-order chi connectivity index (χ1) is 15.5. The maximum Gasteiger partial charge on any atom is 0.318 e. The van der Waals surface area contributed by atoms with Crippen molar-refractivity contribution in [3.63, 3.8) is 0 Å². The summed E-state index contributed by atoms with van der Waals surface area (Å²) in [6, 6.07) is 14.1. The molecule has 33 heavy (non-hydrogen) atoms. The van der Waals surface area contributed by atoms with E-state index in [4.69, 9.17) is 25.7 Å². The van der Waals surface area contributed by atoms with Gasteiger partial charge in [-0.05, 0) is 51.0 Å². The van der Waals surface area contributed by atoms with Crippen molar-refractivity contribution < 1.29 is 23.8 Å². The first kappa shape index (κ1) is 26.0. The van der Waals surface area contributed by atoms with Gasteiger partial charge in [0.2, 0.25) is 0 Å². The molecule has 0 aliphatic carbocycles. The van der Waals surface area contributed by atoms with Crippen LogP contribution >= 0.6 is 0 Å². The molecular weight excluding hydrogens is 422 g/mol. The number of nitrogens with two attached hydrogens (primary N) is 2. The number of carbonyl (C=O) groups excluding carboxylic acids is 2. The molecule has 0 saturated heterocycles. The van der Waals surface area contributed by atoms with Gasteiger partial charge in [-0.1, -0.05) is 36.4 Å². The van der Waals surface area contributed by atoms with Crippen molar-refractivity contribution in [3.8, 4) is 11.5 Å². The molecular formula is C25H35N3O5. The number of ether oxygens (including phenoxy) is 3. The highest BCUT2D eigenvalue weighted by Crippen LogP contribution is 2.32. The lowest BCUT2D eigenvalue weighted by Gasteiger charge is -2.41. The van der Waals surface area contributed by atoms with E-state index in [2.05, 4.69) is 0 Å². The molecule has 4 N–H and O–H groups in total. The Balaban J connectivity index is 2.42. The number of urea groups is 1. The highest BCUT2D eigenvalue weighted by molar-refractivity contribution is 5.77. The number of hydrogen-bond donors (Lipinski definition) is 2. The summed E-state index contributed by atoms with van der Waals surface area (Å²) in [4.78, 5) is 26.8. The van der Waals surface area contributed by atoms with Crippen LogP contribution in [0, 0.1) is 5.41 Å². The van der Waals surface area contributed by atoms with E-state index < -0.39 is 23.1 Å². The highest BCUT2D eigenvalue weighted by atomic mass is 16.6. The second-order valence-corrected chi connectivity index (χ2v) is 9.02. The molecule has 8 heteroatoms. The fourth-order valence-electron chi connectivity index (χ4n) is 3.27. The van der Waals surface area contributed by atoms with Gasteiger partial charge in [-0.15, -0.1) is 0 Å². The third-order valence-electron chi connectivity index (χ3n) is 5.08. The van der Waals surface area contributed by atoms with Crippen LogP contribution in [-0.4, -0.2) is 42.9 Å². The second kappa shape index (κ2) is 11.0. The Morgan fingerprint density at radius 2 is 1.64 bits per heavy atom. The monoisotopic (exact) mass is 457 g/mol. The molecule has 0 fully saturated rings. The van der Waals surface area contributed by atoms with Crippen LogP contribution in [0.25, 0.3) is 0 Å². The SMILES string of the molecule is COc1cc(CN(C(N)=O)[C@](C)(Cc2ccccc2)OC(=O)C(C)(C)C)ccc1OCCN. The summed E-state index contributed by atoms with van der Waals surface area (Å²) in [6.45, 7) is 7.81. The van der Waals surface area contributed by atoms with Crippen molar-refractivity contribution in [1.82, 2.24) is 4.90 Å². The fourth-order valence-corrected chi connectivity index (χ4v) is 3.27. The lowest BCUT2D eigenvalue weighted by molar-refractivity contribution is -0.184. The lowest BCUT2D eigenvalue weighted by atomic mass is 9.96. The minimum Gasteiger partial charge on any atom is -0.493 e. The maximum atomic E-state index is 12.8. The third-order valence-corrected chi connectivity index (χ3v) is 5.08. The summed E-state index contributed by atoms with van der Waals surface area (Å²) in [5.41, 5.74) is 10.9. The molecule has 2 rings (SSSR count). The van der Waals surface area contributed by atoms with Crippen LogP contribution in [0.3, 0.4) is 0 Å². The van der Waals surface area contributed by atoms with E-state index in [1.54, 1.807) is 45.9 Å². The van der Waals surface area contributed by atoms with Crippen LogP contribution in [0.5, 0.6) is 11.5 Å². The summed E-state index contributed by atoms with van der Waals surface area (Å²) in [6.07, 6.45) is 0.271. The van der Waals surface area contributed by atoms with Gasteiger partial charge in [0.25, 0.3) is 0 Å². The molecule has 0 spiro atoms. The molecule has 0 bridgehead atoms. The lowest BCUT2D eigenvalue weighted by Crippen LogP contribution is -2.56. The minimum atomic E-state index is -1.32. The van der Waals surface area contributed by atoms with Crippen molar-refractivity contribution in [1.29, 1.82) is 0 Å². The van der Waals surface area contributed by atoms with E-state index in [0.29, 0.717) is 24.7 Å². The predicted molar refractivity (Wildman–Crippen MR) is 127 cm³/mol. The van der Waals surface area contributed by atoms with Gasteiger partial charge in [0.1, 0.15) is 6.61 Å². The Morgan fingerprint density at radius 1 is 0.970 bits per heavy atom. The average Bonchev–Trinajstić information content (AvgIpc) is 2.75. The molecule has 0 saturated carbocycles. The number of carbonyl (C=O) groups is 2. The zero-order valence-electron chi connectivity index (χ0n) is 20.1. The zero-order chi connectivity index (χ0) is 24.6. The molecule has 0 radical (unpaired) electrons. The topological polar surface area (TPSA) is 117 Å². The molecule has 0 heterocycles. The van der Waals surface area contributed by atoms with Crippen LogP contribution in [0.2, 0.25) is 0 Å². The van der Waals surface area contributed by atoms with Gasteiger partial charge in [0, 0.05) is 13.0 Å². The number of benzene rings is 2. The summed E-state index contributed by atoms with van der Waals surface area (Å²) >= 11 is 0. The summed E-state index contributed by atoms with van der Waals surface area (Å²) < 4.78 is 17.0. The number of nitrogens with zero attached hydrogens (tertiary/aromatic N) is 1. The van der Waals surface area contributed by atoms with Gasteiger partial charge in [-0.3, -0.25) is 9.69 Å². The third kappa shape index (κ3) is 7.12. The van der Waals surface area contributed by atoms with E-state index in [1.807, 2.05) is 30.3 Å². The molecule has 1 atom stereocenters. The van der Waals surface area contributed by atoms with E-state index in [0.717, 1.165) is 11.1 Å². The Bertz CT molecular complexity index is 943. The molecule has 0 aromatic heterocycles. The van der Waals surface area contributed by atoms with Crippen LogP contribution in [0.15, 0.2) is 48.5 Å². The van der Waals surface area contributed by atoms with Gasteiger partial charge >= 0.3 is 12.0 Å². The Labute approximate surface area is 195 Å². The standard InChI is InChI=1S/C25H35N3O5/c1-24(2,3)22(29)33-25(4,16-18-9-7-6-8-10-18)28(23(27)30)17-19-11-12-20(32-14-13-26)21(15-19)31-5/h6-12,15H,13-14,16-17,26H2,1-5H3,(H2,27,30)/t25-/m0/s1. The molecule has 8 nitrogen and oxygen atoms in total. The van der Waals surface area contributed by atoms with E-state index in [1.165, 1.54) is 12.0 Å². The van der Waals surface area contributed by atoms with Gasteiger partial charge in [-0.25, -0.2) is 4.79 Å². The van der Waals surface area contributed by atoms with Gasteiger partial charge in [0.05, 0.1) is 19.1 Å². The van der Waals surface area contributed by atoms with Crippen molar-refractivity contribution in [3.05, 3.63) is 59.7 Å². The van der Waals surface area contributed by atoms with Crippen LogP contribution in [0.4, 0.5) is 4.79 Å². The molecule has 2 aromatic carbocycles. The molecule has 2 aromatic rings. The normalized spacial score (nSPS) is 13.0. The largest absolute Gasteiger partial charge is 0.493 e. The Hall–Kier alpha value is -3.26. The Kier molecular flexibility index (Phi) is 8.70. The van der Waals surface area contributed by atoms with E-state index >= 15 is 0 Å². The predicted octanol–water partition coefficient (Wildman–Crippen LogP) is 3.46. The number of hydrogen-bond acceptors (Lipinski definition) is 6. The van der Waals surface area contributed by atoms with Crippen molar-refractivity contribution in [2.24, 2.45) is 16.9 Å². The summed E-state index contributed by atoms with van der Waals surface area (Å²) in [7, 11) is 1.53. The quantitative estimate of drug-likeness (QED) is 0.417. The Morgan fingerprint density at radius 3 is 2.18 bits per heavy atom. The van der Waals surface area contributed by atoms with Crippen LogP contribution in [0.1, 0.15) is 38.8 Å². The van der Waals surface area contributed by atoms with Crippen LogP contribution in [-0.2, 0) is 22.5 Å². The second-order valence-electron chi connectivity index (χ2n) is 9.02. The van der Waals surface area contributed by atoms with Gasteiger partial charge < -0.3 is 25.7 Å². The van der Waals surface area contributed by atoms with Crippen molar-refractivity contribution in [2.75, 3.05) is 20.3 Å². The number of esters is 1. The number of rotatable bonds is 10. The molecule has 0 unspecified atom stereocenters. The smallest absolute Gasteiger partial charge is 0.318 e. The van der Waals surface area contributed by atoms with Crippen LogP contribution < -0.4 is 20.9 Å². The van der Waals surface area contributed by atoms with Gasteiger partial charge in [0.15, 0.2) is 17.2 Å². The highest BCUT2D eigenvalue weighted by Gasteiger charge is 2.41. The fraction of sp³-hybridized carbons (Fsp3) is 0.440. The summed E-state index contributed by atoms with van der Waals surface area (Å²) in [5.74, 6) is 0.612. The maximum absolute atomic E-state index is 12.8. The molecule has 0 aliphatic rings. The van der Waals surface area contributed by atoms with Crippen molar-refractivity contribution in [2.45, 2.75) is 46.4 Å². The molecule has 2 amide bonds. The zero-order valence-corrected chi connectivity index (χ0v) is 20.1. The van der Waals surface area contributed by atoms with E-state index in [9.17, 15) is 9.59 Å². The number of methoxy groups -OCH3 is 1.